The topological polar surface area (TPSA) is 66.4 Å². The Morgan fingerprint density at radius 2 is 2.00 bits per heavy atom. The molecule has 0 saturated heterocycles. The average Bonchev–Trinajstić information content (AvgIpc) is 2.82. The summed E-state index contributed by atoms with van der Waals surface area (Å²) in [5.41, 5.74) is 0.651. The molecule has 0 saturated carbocycles. The first-order valence-corrected chi connectivity index (χ1v) is 9.49. The lowest BCUT2D eigenvalue weighted by atomic mass is 10.2. The van der Waals surface area contributed by atoms with Crippen molar-refractivity contribution in [2.75, 3.05) is 0 Å². The van der Waals surface area contributed by atoms with Gasteiger partial charge in [0.1, 0.15) is 0 Å². The molecule has 1 aromatic heterocycles. The average molecular weight is 441 g/mol. The monoisotopic (exact) mass is 439 g/mol. The van der Waals surface area contributed by atoms with Crippen molar-refractivity contribution in [1.82, 2.24) is 4.72 Å². The second-order valence-electron chi connectivity index (χ2n) is 3.98. The molecule has 4 nitrogen and oxygen atoms in total. The number of hydrogen-bond donors (Lipinski definition) is 2. The van der Waals surface area contributed by atoms with Crippen LogP contribution in [0.3, 0.4) is 0 Å². The molecule has 0 radical (unpaired) electrons. The van der Waals surface area contributed by atoms with Crippen LogP contribution >= 0.6 is 43.2 Å². The Bertz CT molecular complexity index is 713. The van der Waals surface area contributed by atoms with E-state index in [0.717, 1.165) is 9.35 Å². The lowest BCUT2D eigenvalue weighted by Gasteiger charge is -2.08. The number of sulfonamides is 1. The zero-order valence-electron chi connectivity index (χ0n) is 10.1. The fourth-order valence-corrected chi connectivity index (χ4v) is 5.16. The minimum absolute atomic E-state index is 0.129. The maximum atomic E-state index is 12.2. The first-order valence-electron chi connectivity index (χ1n) is 5.54. The predicted molar refractivity (Wildman–Crippen MR) is 86.1 cm³/mol. The molecule has 0 aliphatic heterocycles. The standard InChI is InChI=1S/C12H11Br2NO3S2/c13-9-4-10(19-7-9)5-15-20(17,18)12-2-1-8(6-16)3-11(12)14/h1-4,7,15-16H,5-6H2. The summed E-state index contributed by atoms with van der Waals surface area (Å²) in [5.74, 6) is 0. The van der Waals surface area contributed by atoms with Crippen molar-refractivity contribution in [2.24, 2.45) is 0 Å². The number of benzene rings is 1. The lowest BCUT2D eigenvalue weighted by molar-refractivity contribution is 0.281. The van der Waals surface area contributed by atoms with E-state index in [9.17, 15) is 8.42 Å². The third kappa shape index (κ3) is 3.90. The van der Waals surface area contributed by atoms with Crippen LogP contribution in [0.15, 0.2) is 43.5 Å². The molecule has 108 valence electrons. The van der Waals surface area contributed by atoms with E-state index in [-0.39, 0.29) is 18.0 Å². The summed E-state index contributed by atoms with van der Waals surface area (Å²) in [5, 5.41) is 10.9. The van der Waals surface area contributed by atoms with Gasteiger partial charge in [0.2, 0.25) is 10.0 Å². The third-order valence-electron chi connectivity index (χ3n) is 2.53. The van der Waals surface area contributed by atoms with Crippen molar-refractivity contribution in [3.63, 3.8) is 0 Å². The van der Waals surface area contributed by atoms with E-state index < -0.39 is 10.0 Å². The molecule has 2 aromatic rings. The van der Waals surface area contributed by atoms with Crippen molar-refractivity contribution >= 4 is 53.2 Å². The molecule has 0 spiro atoms. The molecule has 1 aromatic carbocycles. The number of nitrogens with one attached hydrogen (secondary N) is 1. The number of thiophene rings is 1. The number of aliphatic hydroxyl groups excluding tert-OH is 1. The molecule has 0 amide bonds. The van der Waals surface area contributed by atoms with Crippen molar-refractivity contribution in [2.45, 2.75) is 18.0 Å². The highest BCUT2D eigenvalue weighted by Crippen LogP contribution is 2.24. The van der Waals surface area contributed by atoms with Crippen LogP contribution in [0.2, 0.25) is 0 Å². The Balaban J connectivity index is 2.18. The van der Waals surface area contributed by atoms with E-state index in [1.165, 1.54) is 17.4 Å². The minimum Gasteiger partial charge on any atom is -0.392 e. The third-order valence-corrected chi connectivity index (χ3v) is 6.60. The predicted octanol–water partition coefficient (Wildman–Crippen LogP) is 3.24. The number of hydrogen-bond acceptors (Lipinski definition) is 4. The van der Waals surface area contributed by atoms with Crippen LogP contribution in [0.1, 0.15) is 10.4 Å². The molecule has 1 heterocycles. The lowest BCUT2D eigenvalue weighted by Crippen LogP contribution is -2.23. The van der Waals surface area contributed by atoms with E-state index in [1.54, 1.807) is 12.1 Å². The maximum absolute atomic E-state index is 12.2. The van der Waals surface area contributed by atoms with Gasteiger partial charge in [0.25, 0.3) is 0 Å². The van der Waals surface area contributed by atoms with Gasteiger partial charge in [-0.3, -0.25) is 0 Å². The van der Waals surface area contributed by atoms with E-state index in [4.69, 9.17) is 5.11 Å². The maximum Gasteiger partial charge on any atom is 0.242 e. The van der Waals surface area contributed by atoms with Gasteiger partial charge in [-0.15, -0.1) is 11.3 Å². The number of halogens is 2. The van der Waals surface area contributed by atoms with Crippen molar-refractivity contribution in [3.05, 3.63) is 49.0 Å². The molecule has 8 heteroatoms. The number of rotatable bonds is 5. The second kappa shape index (κ2) is 6.67. The van der Waals surface area contributed by atoms with Gasteiger partial charge in [0, 0.05) is 25.7 Å². The van der Waals surface area contributed by atoms with Gasteiger partial charge < -0.3 is 5.11 Å². The number of aliphatic hydroxyl groups is 1. The summed E-state index contributed by atoms with van der Waals surface area (Å²) in [6.07, 6.45) is 0. The SMILES string of the molecule is O=S(=O)(NCc1cc(Br)cs1)c1ccc(CO)cc1Br. The highest BCUT2D eigenvalue weighted by atomic mass is 79.9. The van der Waals surface area contributed by atoms with Crippen molar-refractivity contribution in [1.29, 1.82) is 0 Å². The molecule has 0 aliphatic rings. The summed E-state index contributed by atoms with van der Waals surface area (Å²) >= 11 is 8.02. The quantitative estimate of drug-likeness (QED) is 0.749. The van der Waals surface area contributed by atoms with Crippen LogP contribution in [-0.2, 0) is 23.2 Å². The zero-order chi connectivity index (χ0) is 14.8. The molecular weight excluding hydrogens is 430 g/mol. The van der Waals surface area contributed by atoms with E-state index in [2.05, 4.69) is 36.6 Å². The summed E-state index contributed by atoms with van der Waals surface area (Å²) < 4.78 is 28.4. The van der Waals surface area contributed by atoms with Gasteiger partial charge in [-0.2, -0.15) is 0 Å². The largest absolute Gasteiger partial charge is 0.392 e. The van der Waals surface area contributed by atoms with Crippen LogP contribution in [-0.4, -0.2) is 13.5 Å². The molecule has 0 fully saturated rings. The van der Waals surface area contributed by atoms with Gasteiger partial charge in [-0.1, -0.05) is 6.07 Å². The normalized spacial score (nSPS) is 11.8. The highest BCUT2D eigenvalue weighted by Gasteiger charge is 2.17. The second-order valence-corrected chi connectivity index (χ2v) is 8.48. The Hall–Kier alpha value is -0.250. The van der Waals surface area contributed by atoms with Gasteiger partial charge in [0.05, 0.1) is 11.5 Å². The smallest absolute Gasteiger partial charge is 0.242 e. The zero-order valence-corrected chi connectivity index (χ0v) is 14.9. The van der Waals surface area contributed by atoms with Crippen LogP contribution in [0.4, 0.5) is 0 Å². The molecule has 0 aliphatic carbocycles. The molecular formula is C12H11Br2NO3S2. The Kier molecular flexibility index (Phi) is 5.38. The van der Waals surface area contributed by atoms with Gasteiger partial charge in [0.15, 0.2) is 0 Å². The Morgan fingerprint density at radius 3 is 2.55 bits per heavy atom. The van der Waals surface area contributed by atoms with Crippen LogP contribution in [0, 0.1) is 0 Å². The fraction of sp³-hybridized carbons (Fsp3) is 0.167. The van der Waals surface area contributed by atoms with Crippen LogP contribution in [0.5, 0.6) is 0 Å². The van der Waals surface area contributed by atoms with Gasteiger partial charge in [-0.25, -0.2) is 13.1 Å². The van der Waals surface area contributed by atoms with Crippen LogP contribution in [0.25, 0.3) is 0 Å². The van der Waals surface area contributed by atoms with Crippen molar-refractivity contribution in [3.8, 4) is 0 Å². The molecule has 20 heavy (non-hydrogen) atoms. The Morgan fingerprint density at radius 1 is 1.25 bits per heavy atom. The molecule has 0 unspecified atom stereocenters. The first-order chi connectivity index (χ1) is 9.42. The molecule has 2 N–H and O–H groups in total. The van der Waals surface area contributed by atoms with E-state index >= 15 is 0 Å². The van der Waals surface area contributed by atoms with Gasteiger partial charge in [-0.05, 0) is 55.6 Å². The van der Waals surface area contributed by atoms with E-state index in [0.29, 0.717) is 10.0 Å². The Labute approximate surface area is 138 Å². The van der Waals surface area contributed by atoms with Gasteiger partial charge >= 0.3 is 0 Å². The fourth-order valence-electron chi connectivity index (χ4n) is 1.55. The van der Waals surface area contributed by atoms with Crippen molar-refractivity contribution < 1.29 is 13.5 Å². The van der Waals surface area contributed by atoms with Crippen LogP contribution < -0.4 is 4.72 Å². The summed E-state index contributed by atoms with van der Waals surface area (Å²) in [6, 6.07) is 6.52. The minimum atomic E-state index is -3.59. The molecule has 0 atom stereocenters. The highest BCUT2D eigenvalue weighted by molar-refractivity contribution is 9.10. The summed E-state index contributed by atoms with van der Waals surface area (Å²) in [7, 11) is -3.59. The molecule has 2 rings (SSSR count). The molecule has 0 bridgehead atoms. The summed E-state index contributed by atoms with van der Waals surface area (Å²) in [4.78, 5) is 1.08. The van der Waals surface area contributed by atoms with E-state index in [1.807, 2.05) is 11.4 Å². The summed E-state index contributed by atoms with van der Waals surface area (Å²) in [6.45, 7) is 0.113. The first kappa shape index (κ1) is 16.1.